The van der Waals surface area contributed by atoms with E-state index in [9.17, 15) is 0 Å². The Morgan fingerprint density at radius 2 is 2.17 bits per heavy atom. The van der Waals surface area contributed by atoms with Crippen LogP contribution in [0.1, 0.15) is 32.9 Å². The van der Waals surface area contributed by atoms with Crippen molar-refractivity contribution in [3.63, 3.8) is 0 Å². The van der Waals surface area contributed by atoms with E-state index in [1.54, 1.807) is 6.20 Å². The maximum Gasteiger partial charge on any atom is 0.122 e. The molecule has 4 heteroatoms. The first kappa shape index (κ1) is 14.9. The summed E-state index contributed by atoms with van der Waals surface area (Å²) in [5.41, 5.74) is 1.01. The molecule has 0 unspecified atom stereocenters. The van der Waals surface area contributed by atoms with Crippen molar-refractivity contribution < 1.29 is 9.47 Å². The van der Waals surface area contributed by atoms with E-state index in [1.165, 1.54) is 0 Å². The molecule has 0 saturated heterocycles. The van der Waals surface area contributed by atoms with Gasteiger partial charge in [-0.1, -0.05) is 6.92 Å². The third kappa shape index (κ3) is 6.57. The molecular formula is C14H24N2O2. The van der Waals surface area contributed by atoms with Gasteiger partial charge in [-0.2, -0.15) is 0 Å². The average Bonchev–Trinajstić information content (AvgIpc) is 2.35. The van der Waals surface area contributed by atoms with Crippen molar-refractivity contribution in [1.82, 2.24) is 10.3 Å². The van der Waals surface area contributed by atoms with E-state index in [4.69, 9.17) is 9.47 Å². The van der Waals surface area contributed by atoms with Gasteiger partial charge < -0.3 is 14.8 Å². The summed E-state index contributed by atoms with van der Waals surface area (Å²) in [4.78, 5) is 4.29. The summed E-state index contributed by atoms with van der Waals surface area (Å²) in [5, 5.41) is 3.32. The summed E-state index contributed by atoms with van der Waals surface area (Å²) in [7, 11) is 0. The molecule has 0 fully saturated rings. The Bertz CT molecular complexity index is 329. The zero-order valence-corrected chi connectivity index (χ0v) is 11.6. The zero-order valence-electron chi connectivity index (χ0n) is 11.6. The number of hydrogen-bond acceptors (Lipinski definition) is 4. The molecule has 1 aromatic heterocycles. The monoisotopic (exact) mass is 252 g/mol. The highest BCUT2D eigenvalue weighted by atomic mass is 16.5. The second-order valence-corrected chi connectivity index (χ2v) is 4.43. The standard InChI is InChI=1S/C14H24N2O2/c1-4-6-15-11-13-10-14(5-7-16-13)18-9-8-17-12(2)3/h5,7,10,12,15H,4,6,8-9,11H2,1-3H3. The summed E-state index contributed by atoms with van der Waals surface area (Å²) in [6.07, 6.45) is 3.16. The highest BCUT2D eigenvalue weighted by molar-refractivity contribution is 5.22. The number of ether oxygens (including phenoxy) is 2. The Morgan fingerprint density at radius 3 is 2.89 bits per heavy atom. The van der Waals surface area contributed by atoms with Gasteiger partial charge >= 0.3 is 0 Å². The third-order valence-corrected chi connectivity index (χ3v) is 2.32. The largest absolute Gasteiger partial charge is 0.491 e. The summed E-state index contributed by atoms with van der Waals surface area (Å²) < 4.78 is 11.0. The fourth-order valence-electron chi connectivity index (χ4n) is 1.48. The maximum atomic E-state index is 5.61. The van der Waals surface area contributed by atoms with Gasteiger partial charge in [0, 0.05) is 18.8 Å². The molecule has 0 amide bonds. The van der Waals surface area contributed by atoms with E-state index in [0.717, 1.165) is 31.0 Å². The molecule has 1 N–H and O–H groups in total. The van der Waals surface area contributed by atoms with Crippen LogP contribution >= 0.6 is 0 Å². The molecule has 0 aliphatic rings. The summed E-state index contributed by atoms with van der Waals surface area (Å²) in [5.74, 6) is 0.852. The smallest absolute Gasteiger partial charge is 0.122 e. The molecule has 0 radical (unpaired) electrons. The normalized spacial score (nSPS) is 10.9. The van der Waals surface area contributed by atoms with Gasteiger partial charge in [0.15, 0.2) is 0 Å². The summed E-state index contributed by atoms with van der Waals surface area (Å²) in [6.45, 7) is 9.17. The number of aromatic nitrogens is 1. The van der Waals surface area contributed by atoms with Crippen LogP contribution in [0.5, 0.6) is 5.75 Å². The van der Waals surface area contributed by atoms with Crippen LogP contribution < -0.4 is 10.1 Å². The van der Waals surface area contributed by atoms with E-state index in [-0.39, 0.29) is 6.10 Å². The van der Waals surface area contributed by atoms with E-state index < -0.39 is 0 Å². The Balaban J connectivity index is 2.30. The predicted octanol–water partition coefficient (Wildman–Crippen LogP) is 2.39. The lowest BCUT2D eigenvalue weighted by Gasteiger charge is -2.10. The van der Waals surface area contributed by atoms with Crippen LogP contribution in [0.15, 0.2) is 18.3 Å². The van der Waals surface area contributed by atoms with Crippen LogP contribution in [0, 0.1) is 0 Å². The van der Waals surface area contributed by atoms with Gasteiger partial charge in [-0.3, -0.25) is 4.98 Å². The lowest BCUT2D eigenvalue weighted by Crippen LogP contribution is -2.15. The topological polar surface area (TPSA) is 43.4 Å². The van der Waals surface area contributed by atoms with Crippen molar-refractivity contribution in [2.24, 2.45) is 0 Å². The number of pyridine rings is 1. The second kappa shape index (κ2) is 8.89. The van der Waals surface area contributed by atoms with Crippen molar-refractivity contribution in [3.8, 4) is 5.75 Å². The first-order chi connectivity index (χ1) is 8.72. The Labute approximate surface area is 110 Å². The van der Waals surface area contributed by atoms with Gasteiger partial charge in [0.05, 0.1) is 18.4 Å². The molecule has 0 aromatic carbocycles. The van der Waals surface area contributed by atoms with Crippen molar-refractivity contribution >= 4 is 0 Å². The SMILES string of the molecule is CCCNCc1cc(OCCOC(C)C)ccn1. The van der Waals surface area contributed by atoms with Crippen LogP contribution in [0.3, 0.4) is 0 Å². The van der Waals surface area contributed by atoms with E-state index in [0.29, 0.717) is 13.2 Å². The Hall–Kier alpha value is -1.13. The molecule has 18 heavy (non-hydrogen) atoms. The molecule has 1 aromatic rings. The van der Waals surface area contributed by atoms with Gasteiger partial charge in [0.1, 0.15) is 12.4 Å². The molecule has 1 heterocycles. The lowest BCUT2D eigenvalue weighted by molar-refractivity contribution is 0.0552. The van der Waals surface area contributed by atoms with Crippen molar-refractivity contribution in [3.05, 3.63) is 24.0 Å². The second-order valence-electron chi connectivity index (χ2n) is 4.43. The first-order valence-corrected chi connectivity index (χ1v) is 6.62. The predicted molar refractivity (Wildman–Crippen MR) is 72.8 cm³/mol. The van der Waals surface area contributed by atoms with E-state index in [2.05, 4.69) is 17.2 Å². The minimum absolute atomic E-state index is 0.250. The first-order valence-electron chi connectivity index (χ1n) is 6.62. The molecule has 0 aliphatic heterocycles. The Kier molecular flexibility index (Phi) is 7.37. The zero-order chi connectivity index (χ0) is 13.2. The van der Waals surface area contributed by atoms with Crippen molar-refractivity contribution in [2.75, 3.05) is 19.8 Å². The van der Waals surface area contributed by atoms with Gasteiger partial charge in [0.25, 0.3) is 0 Å². The van der Waals surface area contributed by atoms with Crippen LogP contribution in [0.25, 0.3) is 0 Å². The fraction of sp³-hybridized carbons (Fsp3) is 0.643. The third-order valence-electron chi connectivity index (χ3n) is 2.32. The van der Waals surface area contributed by atoms with Gasteiger partial charge in [-0.15, -0.1) is 0 Å². The fourth-order valence-corrected chi connectivity index (χ4v) is 1.48. The highest BCUT2D eigenvalue weighted by Gasteiger charge is 1.99. The van der Waals surface area contributed by atoms with Crippen LogP contribution in [-0.4, -0.2) is 30.8 Å². The van der Waals surface area contributed by atoms with Crippen LogP contribution in [0.2, 0.25) is 0 Å². The Morgan fingerprint density at radius 1 is 1.33 bits per heavy atom. The molecule has 4 nitrogen and oxygen atoms in total. The van der Waals surface area contributed by atoms with Crippen LogP contribution in [-0.2, 0) is 11.3 Å². The quantitative estimate of drug-likeness (QED) is 0.685. The molecule has 0 saturated carbocycles. The molecule has 102 valence electrons. The van der Waals surface area contributed by atoms with E-state index >= 15 is 0 Å². The molecular weight excluding hydrogens is 228 g/mol. The lowest BCUT2D eigenvalue weighted by atomic mass is 10.3. The summed E-state index contributed by atoms with van der Waals surface area (Å²) >= 11 is 0. The summed E-state index contributed by atoms with van der Waals surface area (Å²) in [6, 6.07) is 3.84. The number of nitrogens with zero attached hydrogens (tertiary/aromatic N) is 1. The number of nitrogens with one attached hydrogen (secondary N) is 1. The number of rotatable bonds is 9. The minimum Gasteiger partial charge on any atom is -0.491 e. The average molecular weight is 252 g/mol. The maximum absolute atomic E-state index is 5.61. The van der Waals surface area contributed by atoms with Crippen LogP contribution in [0.4, 0.5) is 0 Å². The van der Waals surface area contributed by atoms with Gasteiger partial charge in [0.2, 0.25) is 0 Å². The molecule has 1 rings (SSSR count). The van der Waals surface area contributed by atoms with Gasteiger partial charge in [-0.05, 0) is 32.9 Å². The minimum atomic E-state index is 0.250. The van der Waals surface area contributed by atoms with Crippen molar-refractivity contribution in [2.45, 2.75) is 39.8 Å². The molecule has 0 bridgehead atoms. The van der Waals surface area contributed by atoms with Gasteiger partial charge in [-0.25, -0.2) is 0 Å². The van der Waals surface area contributed by atoms with E-state index in [1.807, 2.05) is 26.0 Å². The molecule has 0 atom stereocenters. The van der Waals surface area contributed by atoms with Crippen molar-refractivity contribution in [1.29, 1.82) is 0 Å². The highest BCUT2D eigenvalue weighted by Crippen LogP contribution is 2.10. The number of hydrogen-bond donors (Lipinski definition) is 1. The molecule has 0 spiro atoms. The molecule has 0 aliphatic carbocycles.